The summed E-state index contributed by atoms with van der Waals surface area (Å²) in [5.74, 6) is 0. The molecule has 0 aliphatic carbocycles. The van der Waals surface area contributed by atoms with E-state index in [1.807, 2.05) is 6.07 Å². The summed E-state index contributed by atoms with van der Waals surface area (Å²) in [7, 11) is 0. The van der Waals surface area contributed by atoms with Gasteiger partial charge in [-0.15, -0.1) is 0 Å². The molecular weight excluding hydrogens is 244 g/mol. The Labute approximate surface area is 119 Å². The van der Waals surface area contributed by atoms with Gasteiger partial charge in [-0.25, -0.2) is 0 Å². The van der Waals surface area contributed by atoms with E-state index in [4.69, 9.17) is 0 Å². The average Bonchev–Trinajstić information content (AvgIpc) is 2.51. The second-order valence-corrected chi connectivity index (χ2v) is 5.05. The number of fused-ring (bicyclic) bond motifs is 1. The summed E-state index contributed by atoms with van der Waals surface area (Å²) < 4.78 is 0. The van der Waals surface area contributed by atoms with Crippen LogP contribution in [0, 0.1) is 0 Å². The van der Waals surface area contributed by atoms with Crippen LogP contribution < -0.4 is 0 Å². The number of nitrogens with zero attached hydrogens (tertiary/aromatic N) is 2. The van der Waals surface area contributed by atoms with Gasteiger partial charge in [-0.05, 0) is 12.0 Å². The zero-order valence-electron chi connectivity index (χ0n) is 11.7. The normalized spacial score (nSPS) is 10.8. The predicted octanol–water partition coefficient (Wildman–Crippen LogP) is 4.17. The van der Waals surface area contributed by atoms with E-state index in [2.05, 4.69) is 65.7 Å². The van der Waals surface area contributed by atoms with Crippen molar-refractivity contribution in [1.29, 1.82) is 0 Å². The fraction of sp³-hybridized carbons (Fsp3) is 0.222. The van der Waals surface area contributed by atoms with Crippen LogP contribution in [0.15, 0.2) is 54.6 Å². The van der Waals surface area contributed by atoms with Crippen LogP contribution in [0.5, 0.6) is 0 Å². The van der Waals surface area contributed by atoms with Crippen molar-refractivity contribution >= 4 is 10.8 Å². The number of hydrogen-bond acceptors (Lipinski definition) is 2. The van der Waals surface area contributed by atoms with Crippen molar-refractivity contribution in [1.82, 2.24) is 10.2 Å². The zero-order chi connectivity index (χ0) is 13.8. The van der Waals surface area contributed by atoms with Crippen molar-refractivity contribution in [3.8, 4) is 0 Å². The molecule has 1 aromatic heterocycles. The zero-order valence-corrected chi connectivity index (χ0v) is 11.7. The van der Waals surface area contributed by atoms with Crippen LogP contribution in [0.2, 0.25) is 0 Å². The molecule has 0 atom stereocenters. The number of hydrogen-bond donors (Lipinski definition) is 0. The molecule has 0 radical (unpaired) electrons. The Hall–Kier alpha value is -2.22. The lowest BCUT2D eigenvalue weighted by atomic mass is 10.0. The maximum absolute atomic E-state index is 4.47. The Morgan fingerprint density at radius 2 is 1.35 bits per heavy atom. The second kappa shape index (κ2) is 5.83. The first-order chi connectivity index (χ1) is 9.88. The first-order valence-corrected chi connectivity index (χ1v) is 7.15. The highest BCUT2D eigenvalue weighted by Gasteiger charge is 2.08. The molecule has 1 heterocycles. The molecule has 2 aromatic carbocycles. The fourth-order valence-electron chi connectivity index (χ4n) is 2.56. The van der Waals surface area contributed by atoms with E-state index >= 15 is 0 Å². The molecule has 3 rings (SSSR count). The van der Waals surface area contributed by atoms with Crippen molar-refractivity contribution in [3.05, 3.63) is 71.5 Å². The lowest BCUT2D eigenvalue weighted by Crippen LogP contribution is -2.01. The summed E-state index contributed by atoms with van der Waals surface area (Å²) in [6.07, 6.45) is 2.91. The first-order valence-electron chi connectivity index (χ1n) is 7.15. The molecule has 0 unspecified atom stereocenters. The maximum Gasteiger partial charge on any atom is 0.0753 e. The lowest BCUT2D eigenvalue weighted by Gasteiger charge is -2.08. The van der Waals surface area contributed by atoms with Crippen molar-refractivity contribution in [3.63, 3.8) is 0 Å². The van der Waals surface area contributed by atoms with Gasteiger partial charge in [0.05, 0.1) is 11.4 Å². The average molecular weight is 262 g/mol. The Bertz CT molecular complexity index is 705. The van der Waals surface area contributed by atoms with E-state index in [0.29, 0.717) is 0 Å². The van der Waals surface area contributed by atoms with Crippen molar-refractivity contribution in [2.45, 2.75) is 26.2 Å². The van der Waals surface area contributed by atoms with Crippen LogP contribution >= 0.6 is 0 Å². The van der Waals surface area contributed by atoms with Crippen molar-refractivity contribution in [2.75, 3.05) is 0 Å². The smallest absolute Gasteiger partial charge is 0.0753 e. The summed E-state index contributed by atoms with van der Waals surface area (Å²) >= 11 is 0. The minimum absolute atomic E-state index is 0.834. The molecule has 2 heteroatoms. The summed E-state index contributed by atoms with van der Waals surface area (Å²) in [6.45, 7) is 2.17. The predicted molar refractivity (Wildman–Crippen MR) is 82.8 cm³/mol. The fourth-order valence-corrected chi connectivity index (χ4v) is 2.56. The largest absolute Gasteiger partial charge is 0.155 e. The summed E-state index contributed by atoms with van der Waals surface area (Å²) in [4.78, 5) is 0. The first kappa shape index (κ1) is 12.8. The van der Waals surface area contributed by atoms with Gasteiger partial charge in [-0.2, -0.15) is 10.2 Å². The molecule has 0 fully saturated rings. The molecule has 3 aromatic rings. The summed E-state index contributed by atoms with van der Waals surface area (Å²) in [6, 6.07) is 18.9. The molecule has 0 bridgehead atoms. The third kappa shape index (κ3) is 2.55. The van der Waals surface area contributed by atoms with E-state index in [1.54, 1.807) is 0 Å². The molecule has 0 saturated carbocycles. The van der Waals surface area contributed by atoms with Gasteiger partial charge in [0.1, 0.15) is 0 Å². The second-order valence-electron chi connectivity index (χ2n) is 5.05. The van der Waals surface area contributed by atoms with Gasteiger partial charge in [0, 0.05) is 17.2 Å². The van der Waals surface area contributed by atoms with Gasteiger partial charge in [-0.3, -0.25) is 0 Å². The van der Waals surface area contributed by atoms with Crippen LogP contribution in [0.4, 0.5) is 0 Å². The monoisotopic (exact) mass is 262 g/mol. The van der Waals surface area contributed by atoms with Gasteiger partial charge in [0.2, 0.25) is 0 Å². The van der Waals surface area contributed by atoms with Gasteiger partial charge >= 0.3 is 0 Å². The summed E-state index contributed by atoms with van der Waals surface area (Å²) in [5, 5.41) is 11.4. The number of benzene rings is 2. The van der Waals surface area contributed by atoms with Gasteiger partial charge < -0.3 is 0 Å². The Balaban J connectivity index is 2.06. The minimum Gasteiger partial charge on any atom is -0.155 e. The Morgan fingerprint density at radius 3 is 2.05 bits per heavy atom. The quantitative estimate of drug-likeness (QED) is 0.705. The Morgan fingerprint density at radius 1 is 0.750 bits per heavy atom. The third-order valence-electron chi connectivity index (χ3n) is 3.54. The van der Waals surface area contributed by atoms with Crippen LogP contribution in [-0.2, 0) is 12.8 Å². The standard InChI is InChI=1S/C18H18N2/c1-2-8-17-15-11-6-7-12-16(15)18(20-19-17)13-14-9-4-3-5-10-14/h3-7,9-12H,2,8,13H2,1H3. The van der Waals surface area contributed by atoms with E-state index in [0.717, 1.165) is 30.7 Å². The van der Waals surface area contributed by atoms with E-state index in [1.165, 1.54) is 16.3 Å². The van der Waals surface area contributed by atoms with Crippen LogP contribution in [-0.4, -0.2) is 10.2 Å². The third-order valence-corrected chi connectivity index (χ3v) is 3.54. The van der Waals surface area contributed by atoms with Crippen molar-refractivity contribution < 1.29 is 0 Å². The topological polar surface area (TPSA) is 25.8 Å². The molecule has 100 valence electrons. The molecule has 0 saturated heterocycles. The molecule has 0 amide bonds. The molecular formula is C18H18N2. The highest BCUT2D eigenvalue weighted by Crippen LogP contribution is 2.22. The lowest BCUT2D eigenvalue weighted by molar-refractivity contribution is 0.835. The highest BCUT2D eigenvalue weighted by molar-refractivity contribution is 5.86. The van der Waals surface area contributed by atoms with E-state index < -0.39 is 0 Å². The Kier molecular flexibility index (Phi) is 3.73. The molecule has 2 nitrogen and oxygen atoms in total. The highest BCUT2D eigenvalue weighted by atomic mass is 15.1. The van der Waals surface area contributed by atoms with Gasteiger partial charge in [0.15, 0.2) is 0 Å². The number of aryl methyl sites for hydroxylation is 1. The van der Waals surface area contributed by atoms with Gasteiger partial charge in [0.25, 0.3) is 0 Å². The minimum atomic E-state index is 0.834. The molecule has 0 N–H and O–H groups in total. The van der Waals surface area contributed by atoms with Crippen LogP contribution in [0.25, 0.3) is 10.8 Å². The molecule has 0 spiro atoms. The SMILES string of the molecule is CCCc1nnc(Cc2ccccc2)c2ccccc12. The number of aromatic nitrogens is 2. The summed E-state index contributed by atoms with van der Waals surface area (Å²) in [5.41, 5.74) is 3.45. The van der Waals surface area contributed by atoms with Gasteiger partial charge in [-0.1, -0.05) is 67.9 Å². The van der Waals surface area contributed by atoms with E-state index in [-0.39, 0.29) is 0 Å². The van der Waals surface area contributed by atoms with Crippen LogP contribution in [0.3, 0.4) is 0 Å². The van der Waals surface area contributed by atoms with Crippen molar-refractivity contribution in [2.24, 2.45) is 0 Å². The number of rotatable bonds is 4. The molecule has 20 heavy (non-hydrogen) atoms. The molecule has 0 aliphatic heterocycles. The molecule has 0 aliphatic rings. The van der Waals surface area contributed by atoms with E-state index in [9.17, 15) is 0 Å². The van der Waals surface area contributed by atoms with Crippen LogP contribution in [0.1, 0.15) is 30.3 Å². The maximum atomic E-state index is 4.47.